The van der Waals surface area contributed by atoms with Crippen LogP contribution in [0.3, 0.4) is 0 Å². The van der Waals surface area contributed by atoms with Crippen molar-refractivity contribution in [3.8, 4) is 0 Å². The molecule has 1 unspecified atom stereocenters. The van der Waals surface area contributed by atoms with E-state index in [0.29, 0.717) is 23.9 Å². The predicted molar refractivity (Wildman–Crippen MR) is 61.0 cm³/mol. The summed E-state index contributed by atoms with van der Waals surface area (Å²) in [6.45, 7) is 5.13. The molecule has 0 fully saturated rings. The van der Waals surface area contributed by atoms with Gasteiger partial charge in [-0.1, -0.05) is 11.6 Å². The summed E-state index contributed by atoms with van der Waals surface area (Å²) in [6.07, 6.45) is 0. The van der Waals surface area contributed by atoms with E-state index in [1.54, 1.807) is 0 Å². The molecule has 84 valence electrons. The molecular formula is C11H15ClFNO. The fraction of sp³-hybridized carbons (Fsp3) is 0.455. The van der Waals surface area contributed by atoms with Crippen molar-refractivity contribution < 1.29 is 9.13 Å². The Morgan fingerprint density at radius 3 is 2.93 bits per heavy atom. The summed E-state index contributed by atoms with van der Waals surface area (Å²) in [5.41, 5.74) is 0.601. The standard InChI is InChI=1S/C11H15ClFNO/c1-3-15-7-8(2)14-11-6-9(13)4-5-10(11)12/h4-6,8,14H,3,7H2,1-2H3. The molecule has 1 N–H and O–H groups in total. The molecule has 0 saturated carbocycles. The molecule has 1 rings (SSSR count). The van der Waals surface area contributed by atoms with Crippen LogP contribution in [0.15, 0.2) is 18.2 Å². The number of anilines is 1. The zero-order chi connectivity index (χ0) is 11.3. The summed E-state index contributed by atoms with van der Waals surface area (Å²) >= 11 is 5.90. The van der Waals surface area contributed by atoms with Crippen LogP contribution < -0.4 is 5.32 Å². The first-order chi connectivity index (χ1) is 7.13. The lowest BCUT2D eigenvalue weighted by molar-refractivity contribution is 0.141. The largest absolute Gasteiger partial charge is 0.380 e. The summed E-state index contributed by atoms with van der Waals surface area (Å²) in [4.78, 5) is 0. The Morgan fingerprint density at radius 2 is 2.27 bits per heavy atom. The highest BCUT2D eigenvalue weighted by atomic mass is 35.5. The lowest BCUT2D eigenvalue weighted by Gasteiger charge is -2.15. The number of hydrogen-bond donors (Lipinski definition) is 1. The molecule has 1 aromatic carbocycles. The first kappa shape index (κ1) is 12.3. The zero-order valence-corrected chi connectivity index (χ0v) is 9.64. The van der Waals surface area contributed by atoms with Crippen LogP contribution in [0, 0.1) is 5.82 Å². The summed E-state index contributed by atoms with van der Waals surface area (Å²) in [7, 11) is 0. The fourth-order valence-electron chi connectivity index (χ4n) is 1.21. The third kappa shape index (κ3) is 4.06. The van der Waals surface area contributed by atoms with Crippen molar-refractivity contribution in [2.45, 2.75) is 19.9 Å². The average Bonchev–Trinajstić information content (AvgIpc) is 2.20. The van der Waals surface area contributed by atoms with Gasteiger partial charge in [0.2, 0.25) is 0 Å². The van der Waals surface area contributed by atoms with Crippen LogP contribution in [0.2, 0.25) is 5.02 Å². The SMILES string of the molecule is CCOCC(C)Nc1cc(F)ccc1Cl. The number of halogens is 2. The summed E-state index contributed by atoms with van der Waals surface area (Å²) in [5.74, 6) is -0.300. The summed E-state index contributed by atoms with van der Waals surface area (Å²) in [6, 6.07) is 4.35. The molecule has 1 aromatic rings. The number of ether oxygens (including phenoxy) is 1. The maximum absolute atomic E-state index is 12.9. The van der Waals surface area contributed by atoms with E-state index in [1.807, 2.05) is 13.8 Å². The Balaban J connectivity index is 2.59. The van der Waals surface area contributed by atoms with E-state index in [-0.39, 0.29) is 11.9 Å². The number of rotatable bonds is 5. The molecule has 1 atom stereocenters. The van der Waals surface area contributed by atoms with Crippen LogP contribution >= 0.6 is 11.6 Å². The molecular weight excluding hydrogens is 217 g/mol. The Bertz CT molecular complexity index is 319. The zero-order valence-electron chi connectivity index (χ0n) is 8.89. The Morgan fingerprint density at radius 1 is 1.53 bits per heavy atom. The smallest absolute Gasteiger partial charge is 0.125 e. The van der Waals surface area contributed by atoms with Gasteiger partial charge in [-0.15, -0.1) is 0 Å². The maximum Gasteiger partial charge on any atom is 0.125 e. The number of nitrogens with one attached hydrogen (secondary N) is 1. The van der Waals surface area contributed by atoms with Crippen LogP contribution in [0.25, 0.3) is 0 Å². The highest BCUT2D eigenvalue weighted by molar-refractivity contribution is 6.33. The minimum absolute atomic E-state index is 0.101. The van der Waals surface area contributed by atoms with Crippen molar-refractivity contribution in [2.75, 3.05) is 18.5 Å². The van der Waals surface area contributed by atoms with Gasteiger partial charge in [0, 0.05) is 12.6 Å². The van der Waals surface area contributed by atoms with Crippen molar-refractivity contribution in [3.05, 3.63) is 29.0 Å². The summed E-state index contributed by atoms with van der Waals surface area (Å²) < 4.78 is 18.2. The summed E-state index contributed by atoms with van der Waals surface area (Å²) in [5, 5.41) is 3.60. The van der Waals surface area contributed by atoms with E-state index in [4.69, 9.17) is 16.3 Å². The molecule has 0 radical (unpaired) electrons. The van der Waals surface area contributed by atoms with E-state index in [9.17, 15) is 4.39 Å². The molecule has 0 aromatic heterocycles. The second kappa shape index (κ2) is 5.93. The third-order valence-corrected chi connectivity index (χ3v) is 2.23. The lowest BCUT2D eigenvalue weighted by Crippen LogP contribution is -2.21. The number of benzene rings is 1. The molecule has 2 nitrogen and oxygen atoms in total. The van der Waals surface area contributed by atoms with Crippen LogP contribution in [0.4, 0.5) is 10.1 Å². The molecule has 0 aliphatic rings. The second-order valence-corrected chi connectivity index (χ2v) is 3.74. The van der Waals surface area contributed by atoms with Crippen molar-refractivity contribution in [1.82, 2.24) is 0 Å². The fourth-order valence-corrected chi connectivity index (χ4v) is 1.38. The van der Waals surface area contributed by atoms with Gasteiger partial charge in [-0.25, -0.2) is 4.39 Å². The van der Waals surface area contributed by atoms with Gasteiger partial charge in [-0.3, -0.25) is 0 Å². The highest BCUT2D eigenvalue weighted by Gasteiger charge is 2.06. The van der Waals surface area contributed by atoms with Crippen molar-refractivity contribution in [2.24, 2.45) is 0 Å². The van der Waals surface area contributed by atoms with Crippen LogP contribution in [-0.2, 0) is 4.74 Å². The van der Waals surface area contributed by atoms with Crippen LogP contribution in [-0.4, -0.2) is 19.3 Å². The van der Waals surface area contributed by atoms with Gasteiger partial charge in [0.15, 0.2) is 0 Å². The molecule has 0 spiro atoms. The first-order valence-electron chi connectivity index (χ1n) is 4.92. The van der Waals surface area contributed by atoms with E-state index in [2.05, 4.69) is 5.32 Å². The van der Waals surface area contributed by atoms with Gasteiger partial charge in [0.05, 0.1) is 17.3 Å². The number of hydrogen-bond acceptors (Lipinski definition) is 2. The van der Waals surface area contributed by atoms with Crippen molar-refractivity contribution in [3.63, 3.8) is 0 Å². The Kier molecular flexibility index (Phi) is 4.85. The molecule has 0 amide bonds. The van der Waals surface area contributed by atoms with Gasteiger partial charge in [-0.05, 0) is 32.0 Å². The quantitative estimate of drug-likeness (QED) is 0.840. The molecule has 15 heavy (non-hydrogen) atoms. The first-order valence-corrected chi connectivity index (χ1v) is 5.30. The van der Waals surface area contributed by atoms with Crippen LogP contribution in [0.5, 0.6) is 0 Å². The Labute approximate surface area is 94.4 Å². The average molecular weight is 232 g/mol. The highest BCUT2D eigenvalue weighted by Crippen LogP contribution is 2.22. The van der Waals surface area contributed by atoms with Gasteiger partial charge in [-0.2, -0.15) is 0 Å². The van der Waals surface area contributed by atoms with Gasteiger partial charge >= 0.3 is 0 Å². The van der Waals surface area contributed by atoms with Crippen molar-refractivity contribution in [1.29, 1.82) is 0 Å². The topological polar surface area (TPSA) is 21.3 Å². The van der Waals surface area contributed by atoms with E-state index in [1.165, 1.54) is 18.2 Å². The lowest BCUT2D eigenvalue weighted by atomic mass is 10.2. The van der Waals surface area contributed by atoms with Crippen LogP contribution in [0.1, 0.15) is 13.8 Å². The molecule has 0 saturated heterocycles. The molecule has 4 heteroatoms. The normalized spacial score (nSPS) is 12.5. The molecule has 0 bridgehead atoms. The molecule has 0 heterocycles. The van der Waals surface area contributed by atoms with Gasteiger partial charge < -0.3 is 10.1 Å². The maximum atomic E-state index is 12.9. The van der Waals surface area contributed by atoms with Gasteiger partial charge in [0.1, 0.15) is 5.82 Å². The predicted octanol–water partition coefficient (Wildman–Crippen LogP) is 3.32. The molecule has 0 aliphatic carbocycles. The Hall–Kier alpha value is -0.800. The third-order valence-electron chi connectivity index (χ3n) is 1.90. The van der Waals surface area contributed by atoms with E-state index in [0.717, 1.165) is 0 Å². The minimum atomic E-state index is -0.300. The van der Waals surface area contributed by atoms with Gasteiger partial charge in [0.25, 0.3) is 0 Å². The minimum Gasteiger partial charge on any atom is -0.380 e. The molecule has 0 aliphatic heterocycles. The van der Waals surface area contributed by atoms with E-state index < -0.39 is 0 Å². The van der Waals surface area contributed by atoms with E-state index >= 15 is 0 Å². The monoisotopic (exact) mass is 231 g/mol. The second-order valence-electron chi connectivity index (χ2n) is 3.33. The van der Waals surface area contributed by atoms with Crippen molar-refractivity contribution >= 4 is 17.3 Å².